The fraction of sp³-hybridized carbons (Fsp3) is 0.727. The average molecular weight is 280 g/mol. The van der Waals surface area contributed by atoms with E-state index in [9.17, 15) is 0 Å². The van der Waals surface area contributed by atoms with Gasteiger partial charge in [0.25, 0.3) is 0 Å². The lowest BCUT2D eigenvalue weighted by Gasteiger charge is -2.04. The molecule has 4 nitrogen and oxygen atoms in total. The molecule has 0 radical (unpaired) electrons. The number of halogens is 1. The van der Waals surface area contributed by atoms with Crippen molar-refractivity contribution in [2.24, 2.45) is 0 Å². The van der Waals surface area contributed by atoms with Gasteiger partial charge in [-0.1, -0.05) is 0 Å². The van der Waals surface area contributed by atoms with Crippen molar-refractivity contribution in [2.45, 2.75) is 12.3 Å². The third-order valence-corrected chi connectivity index (χ3v) is 3.23. The summed E-state index contributed by atoms with van der Waals surface area (Å²) >= 11 is 7.30. The predicted octanol–water partition coefficient (Wildman–Crippen LogP) is 2.10. The van der Waals surface area contributed by atoms with Crippen molar-refractivity contribution in [1.82, 2.24) is 4.98 Å². The van der Waals surface area contributed by atoms with Gasteiger partial charge in [-0.3, -0.25) is 0 Å². The molecule has 17 heavy (non-hydrogen) atoms. The summed E-state index contributed by atoms with van der Waals surface area (Å²) in [6.07, 6.45) is 0.833. The van der Waals surface area contributed by atoms with Gasteiger partial charge in [0.1, 0.15) is 0 Å². The molecule has 0 fully saturated rings. The number of alkyl halides is 1. The second-order valence-electron chi connectivity index (χ2n) is 3.33. The highest BCUT2D eigenvalue weighted by atomic mass is 35.5. The molecule has 0 aromatic carbocycles. The second kappa shape index (κ2) is 9.79. The minimum absolute atomic E-state index is 0.477. The normalized spacial score (nSPS) is 10.9. The SMILES string of the molecule is COCCOCCOCCc1nc(CCl)cs1. The Kier molecular flexibility index (Phi) is 8.56. The van der Waals surface area contributed by atoms with Crippen molar-refractivity contribution in [2.75, 3.05) is 40.1 Å². The zero-order valence-electron chi connectivity index (χ0n) is 9.99. The van der Waals surface area contributed by atoms with Crippen LogP contribution in [0, 0.1) is 0 Å². The lowest BCUT2D eigenvalue weighted by Crippen LogP contribution is -2.09. The van der Waals surface area contributed by atoms with Gasteiger partial charge >= 0.3 is 0 Å². The van der Waals surface area contributed by atoms with Crippen LogP contribution >= 0.6 is 22.9 Å². The Morgan fingerprint density at radius 1 is 1.18 bits per heavy atom. The minimum atomic E-state index is 0.477. The molecule has 0 saturated heterocycles. The third kappa shape index (κ3) is 6.95. The van der Waals surface area contributed by atoms with Crippen molar-refractivity contribution in [3.8, 4) is 0 Å². The van der Waals surface area contributed by atoms with Crippen molar-refractivity contribution < 1.29 is 14.2 Å². The standard InChI is InChI=1S/C11H18ClNO3S/c1-14-4-5-16-7-6-15-3-2-11-13-10(8-12)9-17-11/h9H,2-8H2,1H3. The Morgan fingerprint density at radius 2 is 1.88 bits per heavy atom. The van der Waals surface area contributed by atoms with E-state index in [2.05, 4.69) is 4.98 Å². The van der Waals surface area contributed by atoms with Crippen LogP contribution in [-0.4, -0.2) is 45.1 Å². The summed E-state index contributed by atoms with van der Waals surface area (Å²) in [5.41, 5.74) is 0.939. The van der Waals surface area contributed by atoms with Crippen molar-refractivity contribution >= 4 is 22.9 Å². The Bertz CT molecular complexity index is 296. The van der Waals surface area contributed by atoms with Crippen molar-refractivity contribution in [3.63, 3.8) is 0 Å². The van der Waals surface area contributed by atoms with Gasteiger partial charge in [-0.25, -0.2) is 4.98 Å². The van der Waals surface area contributed by atoms with Crippen LogP contribution in [0.3, 0.4) is 0 Å². The van der Waals surface area contributed by atoms with Crippen LogP contribution in [-0.2, 0) is 26.5 Å². The number of hydrogen-bond acceptors (Lipinski definition) is 5. The fourth-order valence-corrected chi connectivity index (χ4v) is 2.16. The molecule has 1 heterocycles. The smallest absolute Gasteiger partial charge is 0.0951 e. The Labute approximate surface area is 111 Å². The summed E-state index contributed by atoms with van der Waals surface area (Å²) in [4.78, 5) is 4.35. The van der Waals surface area contributed by atoms with E-state index in [0.717, 1.165) is 17.1 Å². The van der Waals surface area contributed by atoms with Gasteiger partial charge in [-0.2, -0.15) is 0 Å². The molecule has 1 aromatic rings. The minimum Gasteiger partial charge on any atom is -0.382 e. The molecule has 0 atom stereocenters. The molecule has 0 aliphatic rings. The largest absolute Gasteiger partial charge is 0.382 e. The maximum absolute atomic E-state index is 5.67. The topological polar surface area (TPSA) is 40.6 Å². The first-order valence-electron chi connectivity index (χ1n) is 5.50. The Balaban J connectivity index is 1.93. The molecule has 0 N–H and O–H groups in total. The van der Waals surface area contributed by atoms with Crippen LogP contribution < -0.4 is 0 Å². The number of methoxy groups -OCH3 is 1. The van der Waals surface area contributed by atoms with Crippen molar-refractivity contribution in [1.29, 1.82) is 0 Å². The second-order valence-corrected chi connectivity index (χ2v) is 4.54. The van der Waals surface area contributed by atoms with Crippen LogP contribution in [0.5, 0.6) is 0 Å². The summed E-state index contributed by atoms with van der Waals surface area (Å²) in [5, 5.41) is 3.05. The monoisotopic (exact) mass is 279 g/mol. The lowest BCUT2D eigenvalue weighted by atomic mass is 10.5. The molecule has 0 aliphatic heterocycles. The van der Waals surface area contributed by atoms with Crippen LogP contribution in [0.1, 0.15) is 10.7 Å². The number of rotatable bonds is 10. The maximum Gasteiger partial charge on any atom is 0.0951 e. The summed E-state index contributed by atoms with van der Waals surface area (Å²) in [6.45, 7) is 3.13. The van der Waals surface area contributed by atoms with Gasteiger partial charge in [0.2, 0.25) is 0 Å². The molecule has 1 aromatic heterocycles. The molecule has 0 unspecified atom stereocenters. The van der Waals surface area contributed by atoms with Gasteiger partial charge in [-0.05, 0) is 0 Å². The fourth-order valence-electron chi connectivity index (χ4n) is 1.15. The van der Waals surface area contributed by atoms with Crippen LogP contribution in [0.15, 0.2) is 5.38 Å². The van der Waals surface area contributed by atoms with E-state index in [0.29, 0.717) is 38.9 Å². The van der Waals surface area contributed by atoms with Gasteiger partial charge in [0.15, 0.2) is 0 Å². The third-order valence-electron chi connectivity index (χ3n) is 2.00. The van der Waals surface area contributed by atoms with E-state index in [4.69, 9.17) is 25.8 Å². The van der Waals surface area contributed by atoms with Crippen molar-refractivity contribution in [3.05, 3.63) is 16.1 Å². The predicted molar refractivity (Wildman–Crippen MR) is 68.9 cm³/mol. The quantitative estimate of drug-likeness (QED) is 0.486. The molecular formula is C11H18ClNO3S. The number of aromatic nitrogens is 1. The summed E-state index contributed by atoms with van der Waals surface area (Å²) in [7, 11) is 1.66. The first-order chi connectivity index (χ1) is 8.36. The number of hydrogen-bond donors (Lipinski definition) is 0. The zero-order valence-corrected chi connectivity index (χ0v) is 11.6. The average Bonchev–Trinajstić information content (AvgIpc) is 2.80. The van der Waals surface area contributed by atoms with E-state index < -0.39 is 0 Å². The van der Waals surface area contributed by atoms with Crippen LogP contribution in [0.25, 0.3) is 0 Å². The highest BCUT2D eigenvalue weighted by Gasteiger charge is 2.00. The Hall–Kier alpha value is -0.200. The molecule has 0 aliphatic carbocycles. The molecule has 0 amide bonds. The maximum atomic E-state index is 5.67. The first-order valence-corrected chi connectivity index (χ1v) is 6.92. The Morgan fingerprint density at radius 3 is 2.53 bits per heavy atom. The highest BCUT2D eigenvalue weighted by molar-refractivity contribution is 7.09. The zero-order chi connectivity index (χ0) is 12.3. The first kappa shape index (κ1) is 14.9. The molecule has 0 bridgehead atoms. The van der Waals surface area contributed by atoms with Gasteiger partial charge < -0.3 is 14.2 Å². The van der Waals surface area contributed by atoms with E-state index in [1.54, 1.807) is 18.4 Å². The number of thiazole rings is 1. The van der Waals surface area contributed by atoms with E-state index in [1.165, 1.54) is 0 Å². The van der Waals surface area contributed by atoms with Gasteiger partial charge in [0, 0.05) is 18.9 Å². The highest BCUT2D eigenvalue weighted by Crippen LogP contribution is 2.11. The molecule has 98 valence electrons. The van der Waals surface area contributed by atoms with E-state index in [1.807, 2.05) is 5.38 Å². The molecule has 0 spiro atoms. The van der Waals surface area contributed by atoms with E-state index >= 15 is 0 Å². The van der Waals surface area contributed by atoms with Crippen LogP contribution in [0.4, 0.5) is 0 Å². The van der Waals surface area contributed by atoms with Gasteiger partial charge in [0.05, 0.1) is 49.6 Å². The molecule has 1 rings (SSSR count). The van der Waals surface area contributed by atoms with E-state index in [-0.39, 0.29) is 0 Å². The number of ether oxygens (including phenoxy) is 3. The van der Waals surface area contributed by atoms with Crippen LogP contribution in [0.2, 0.25) is 0 Å². The van der Waals surface area contributed by atoms with Gasteiger partial charge in [-0.15, -0.1) is 22.9 Å². The molecule has 0 saturated carbocycles. The lowest BCUT2D eigenvalue weighted by molar-refractivity contribution is 0.0255. The number of nitrogens with zero attached hydrogens (tertiary/aromatic N) is 1. The molecule has 6 heteroatoms. The summed E-state index contributed by atoms with van der Waals surface area (Å²) < 4.78 is 15.6. The summed E-state index contributed by atoms with van der Waals surface area (Å²) in [5.74, 6) is 0.477. The summed E-state index contributed by atoms with van der Waals surface area (Å²) in [6, 6.07) is 0. The molecular weight excluding hydrogens is 262 g/mol.